The number of nitrogens with zero attached hydrogens (tertiary/aromatic N) is 3. The molecule has 0 unspecified atom stereocenters. The third-order valence-corrected chi connectivity index (χ3v) is 4.80. The highest BCUT2D eigenvalue weighted by Gasteiger charge is 2.28. The molecule has 0 N–H and O–H groups in total. The lowest BCUT2D eigenvalue weighted by atomic mass is 10.1. The fraction of sp³-hybridized carbons (Fsp3) is 0.471. The summed E-state index contributed by atoms with van der Waals surface area (Å²) in [5.41, 5.74) is 2.33. The van der Waals surface area contributed by atoms with Gasteiger partial charge in [-0.2, -0.15) is 0 Å². The first-order valence-corrected chi connectivity index (χ1v) is 7.69. The summed E-state index contributed by atoms with van der Waals surface area (Å²) in [7, 11) is 0. The highest BCUT2D eigenvalue weighted by Crippen LogP contribution is 2.22. The molecule has 3 nitrogen and oxygen atoms in total. The van der Waals surface area contributed by atoms with Crippen LogP contribution in [0.3, 0.4) is 0 Å². The minimum atomic E-state index is 0.766. The second-order valence-corrected chi connectivity index (χ2v) is 6.04. The van der Waals surface area contributed by atoms with Gasteiger partial charge >= 0.3 is 0 Å². The second kappa shape index (κ2) is 5.15. The predicted molar refractivity (Wildman–Crippen MR) is 81.6 cm³/mol. The SMILES string of the molecule is c1ccc2nc(CN3CCN4CCC3CC4)ccc2c1. The van der Waals surface area contributed by atoms with Crippen LogP contribution in [-0.4, -0.2) is 47.0 Å². The Balaban J connectivity index is 1.57. The van der Waals surface area contributed by atoms with Gasteiger partial charge in [0, 0.05) is 31.1 Å². The zero-order chi connectivity index (χ0) is 13.4. The number of benzene rings is 1. The first-order valence-electron chi connectivity index (χ1n) is 7.69. The predicted octanol–water partition coefficient (Wildman–Crippen LogP) is 2.51. The van der Waals surface area contributed by atoms with Gasteiger partial charge in [0.2, 0.25) is 0 Å². The van der Waals surface area contributed by atoms with E-state index in [1.165, 1.54) is 50.1 Å². The van der Waals surface area contributed by atoms with E-state index in [0.29, 0.717) is 0 Å². The molecule has 3 saturated heterocycles. The summed E-state index contributed by atoms with van der Waals surface area (Å²) in [6.45, 7) is 5.99. The van der Waals surface area contributed by atoms with Crippen LogP contribution in [0.4, 0.5) is 0 Å². The molecule has 2 bridgehead atoms. The van der Waals surface area contributed by atoms with Crippen molar-refractivity contribution in [2.75, 3.05) is 26.2 Å². The quantitative estimate of drug-likeness (QED) is 0.833. The molecule has 104 valence electrons. The van der Waals surface area contributed by atoms with E-state index in [4.69, 9.17) is 4.98 Å². The zero-order valence-corrected chi connectivity index (χ0v) is 11.8. The van der Waals surface area contributed by atoms with Gasteiger partial charge in [-0.25, -0.2) is 0 Å². The fourth-order valence-corrected chi connectivity index (χ4v) is 3.57. The summed E-state index contributed by atoms with van der Waals surface area (Å²) in [6, 6.07) is 13.6. The monoisotopic (exact) mass is 267 g/mol. The van der Waals surface area contributed by atoms with E-state index in [1.807, 2.05) is 0 Å². The molecule has 1 aromatic heterocycles. The minimum Gasteiger partial charge on any atom is -0.302 e. The lowest BCUT2D eigenvalue weighted by Crippen LogP contribution is -2.37. The normalized spacial score (nSPS) is 26.8. The number of hydrogen-bond donors (Lipinski definition) is 0. The van der Waals surface area contributed by atoms with Gasteiger partial charge in [0.05, 0.1) is 11.2 Å². The molecule has 0 radical (unpaired) electrons. The third-order valence-electron chi connectivity index (χ3n) is 4.80. The van der Waals surface area contributed by atoms with Gasteiger partial charge in [-0.15, -0.1) is 0 Å². The number of para-hydroxylation sites is 1. The largest absolute Gasteiger partial charge is 0.302 e. The first kappa shape index (κ1) is 12.3. The Morgan fingerprint density at radius 1 is 0.950 bits per heavy atom. The van der Waals surface area contributed by atoms with Crippen LogP contribution in [0, 0.1) is 0 Å². The van der Waals surface area contributed by atoms with Crippen LogP contribution < -0.4 is 0 Å². The Morgan fingerprint density at radius 3 is 2.70 bits per heavy atom. The molecule has 0 spiro atoms. The summed E-state index contributed by atoms with van der Waals surface area (Å²) >= 11 is 0. The van der Waals surface area contributed by atoms with Crippen LogP contribution >= 0.6 is 0 Å². The smallest absolute Gasteiger partial charge is 0.0705 e. The molecular weight excluding hydrogens is 246 g/mol. The topological polar surface area (TPSA) is 19.4 Å². The highest BCUT2D eigenvalue weighted by molar-refractivity contribution is 5.78. The summed E-state index contributed by atoms with van der Waals surface area (Å²) in [6.07, 6.45) is 2.65. The third kappa shape index (κ3) is 2.32. The van der Waals surface area contributed by atoms with Gasteiger partial charge in [0.15, 0.2) is 0 Å². The van der Waals surface area contributed by atoms with Crippen molar-refractivity contribution in [3.8, 4) is 0 Å². The van der Waals surface area contributed by atoms with E-state index in [-0.39, 0.29) is 0 Å². The molecule has 0 saturated carbocycles. The average Bonchev–Trinajstić information content (AvgIpc) is 2.81. The standard InChI is InChI=1S/C17H21N3/c1-2-4-17-14(3-1)5-6-15(18-17)13-20-12-11-19-9-7-16(20)8-10-19/h1-6,16H,7-13H2. The molecule has 3 aliphatic rings. The van der Waals surface area contributed by atoms with E-state index in [2.05, 4.69) is 46.2 Å². The maximum atomic E-state index is 4.83. The number of piperidine rings is 1. The van der Waals surface area contributed by atoms with Crippen LogP contribution in [0.25, 0.3) is 10.9 Å². The number of fused-ring (bicyclic) bond motifs is 5. The molecule has 1 aromatic carbocycles. The van der Waals surface area contributed by atoms with Gasteiger partial charge < -0.3 is 4.90 Å². The molecule has 5 rings (SSSR count). The lowest BCUT2D eigenvalue weighted by molar-refractivity contribution is 0.175. The average molecular weight is 267 g/mol. The summed E-state index contributed by atoms with van der Waals surface area (Å²) in [4.78, 5) is 10.1. The van der Waals surface area contributed by atoms with Gasteiger partial charge in [0.25, 0.3) is 0 Å². The van der Waals surface area contributed by atoms with E-state index in [1.54, 1.807) is 0 Å². The number of pyridine rings is 1. The Morgan fingerprint density at radius 2 is 1.80 bits per heavy atom. The molecule has 3 fully saturated rings. The maximum Gasteiger partial charge on any atom is 0.0705 e. The number of aromatic nitrogens is 1. The summed E-state index contributed by atoms with van der Waals surface area (Å²) in [5.74, 6) is 0. The van der Waals surface area contributed by atoms with Crippen molar-refractivity contribution in [1.82, 2.24) is 14.8 Å². The molecule has 3 aliphatic heterocycles. The second-order valence-electron chi connectivity index (χ2n) is 6.04. The van der Waals surface area contributed by atoms with Crippen LogP contribution in [-0.2, 0) is 6.54 Å². The van der Waals surface area contributed by atoms with Gasteiger partial charge in [0.1, 0.15) is 0 Å². The molecule has 0 atom stereocenters. The van der Waals surface area contributed by atoms with Crippen molar-refractivity contribution < 1.29 is 0 Å². The van der Waals surface area contributed by atoms with Crippen molar-refractivity contribution >= 4 is 10.9 Å². The zero-order valence-electron chi connectivity index (χ0n) is 11.8. The van der Waals surface area contributed by atoms with E-state index >= 15 is 0 Å². The van der Waals surface area contributed by atoms with Crippen molar-refractivity contribution in [1.29, 1.82) is 0 Å². The van der Waals surface area contributed by atoms with Gasteiger partial charge in [-0.1, -0.05) is 24.3 Å². The molecule has 4 heterocycles. The summed E-state index contributed by atoms with van der Waals surface area (Å²) < 4.78 is 0. The number of hydrogen-bond acceptors (Lipinski definition) is 3. The molecule has 0 aliphatic carbocycles. The Bertz CT molecular complexity index is 602. The van der Waals surface area contributed by atoms with Crippen LogP contribution in [0.5, 0.6) is 0 Å². The first-order chi connectivity index (χ1) is 9.88. The van der Waals surface area contributed by atoms with Crippen LogP contribution in [0.15, 0.2) is 36.4 Å². The lowest BCUT2D eigenvalue weighted by Gasteiger charge is -2.31. The van der Waals surface area contributed by atoms with E-state index in [9.17, 15) is 0 Å². The molecule has 0 amide bonds. The molecule has 20 heavy (non-hydrogen) atoms. The molecule has 2 aromatic rings. The fourth-order valence-electron chi connectivity index (χ4n) is 3.57. The summed E-state index contributed by atoms with van der Waals surface area (Å²) in [5, 5.41) is 1.24. The van der Waals surface area contributed by atoms with Crippen molar-refractivity contribution in [2.24, 2.45) is 0 Å². The van der Waals surface area contributed by atoms with Crippen molar-refractivity contribution in [3.05, 3.63) is 42.1 Å². The maximum absolute atomic E-state index is 4.83. The Labute approximate surface area is 120 Å². The van der Waals surface area contributed by atoms with Gasteiger partial charge in [-0.05, 0) is 38.1 Å². The van der Waals surface area contributed by atoms with Crippen molar-refractivity contribution in [3.63, 3.8) is 0 Å². The minimum absolute atomic E-state index is 0.766. The van der Waals surface area contributed by atoms with E-state index in [0.717, 1.165) is 18.1 Å². The highest BCUT2D eigenvalue weighted by atomic mass is 15.3. The van der Waals surface area contributed by atoms with Crippen LogP contribution in [0.2, 0.25) is 0 Å². The number of rotatable bonds is 2. The Hall–Kier alpha value is -1.45. The van der Waals surface area contributed by atoms with Crippen LogP contribution in [0.1, 0.15) is 18.5 Å². The van der Waals surface area contributed by atoms with E-state index < -0.39 is 0 Å². The molecular formula is C17H21N3. The van der Waals surface area contributed by atoms with Crippen molar-refractivity contribution in [2.45, 2.75) is 25.4 Å². The Kier molecular flexibility index (Phi) is 3.17. The van der Waals surface area contributed by atoms with Gasteiger partial charge in [-0.3, -0.25) is 9.88 Å². The molecule has 3 heteroatoms.